The Labute approximate surface area is 71.4 Å². The first-order valence-electron chi connectivity index (χ1n) is 4.94. The Balaban J connectivity index is 3.44. The van der Waals surface area contributed by atoms with Crippen molar-refractivity contribution in [3.05, 3.63) is 0 Å². The third-order valence-corrected chi connectivity index (χ3v) is 2.43. The summed E-state index contributed by atoms with van der Waals surface area (Å²) in [5, 5.41) is 0. The topological polar surface area (TPSA) is 26.0 Å². The Kier molecular flexibility index (Phi) is 6.63. The molecular weight excluding hydrogens is 134 g/mol. The lowest BCUT2D eigenvalue weighted by Crippen LogP contribution is -2.16. The van der Waals surface area contributed by atoms with Crippen LogP contribution in [-0.2, 0) is 0 Å². The van der Waals surface area contributed by atoms with E-state index in [1.807, 2.05) is 0 Å². The fourth-order valence-electron chi connectivity index (χ4n) is 1.61. The van der Waals surface area contributed by atoms with E-state index in [1.54, 1.807) is 0 Å². The molecule has 0 aromatic carbocycles. The Morgan fingerprint density at radius 3 is 2.27 bits per heavy atom. The molecule has 11 heavy (non-hydrogen) atoms. The van der Waals surface area contributed by atoms with Crippen LogP contribution in [0, 0.1) is 11.8 Å². The first-order chi connectivity index (χ1) is 5.24. The Hall–Kier alpha value is -0.0400. The monoisotopic (exact) mass is 157 g/mol. The number of rotatable bonds is 6. The first-order valence-corrected chi connectivity index (χ1v) is 4.94. The summed E-state index contributed by atoms with van der Waals surface area (Å²) >= 11 is 0. The molecule has 0 aromatic rings. The zero-order valence-corrected chi connectivity index (χ0v) is 8.27. The molecule has 2 N–H and O–H groups in total. The average Bonchev–Trinajstić information content (AvgIpc) is 2.01. The van der Waals surface area contributed by atoms with Crippen LogP contribution in [-0.4, -0.2) is 6.54 Å². The number of nitrogens with two attached hydrogens (primary N) is 1. The van der Waals surface area contributed by atoms with Crippen molar-refractivity contribution >= 4 is 0 Å². The van der Waals surface area contributed by atoms with Gasteiger partial charge in [-0.25, -0.2) is 0 Å². The maximum absolute atomic E-state index is 5.63. The predicted octanol–water partition coefficient (Wildman–Crippen LogP) is 2.80. The summed E-state index contributed by atoms with van der Waals surface area (Å²) in [5.74, 6) is 1.63. The third-order valence-electron chi connectivity index (χ3n) is 2.43. The van der Waals surface area contributed by atoms with Gasteiger partial charge in [0.15, 0.2) is 0 Å². The second-order valence-electron chi connectivity index (χ2n) is 3.64. The zero-order chi connectivity index (χ0) is 8.69. The van der Waals surface area contributed by atoms with Gasteiger partial charge in [-0.15, -0.1) is 0 Å². The summed E-state index contributed by atoms with van der Waals surface area (Å²) in [4.78, 5) is 0. The molecule has 2 atom stereocenters. The Morgan fingerprint density at radius 1 is 1.27 bits per heavy atom. The first kappa shape index (κ1) is 11.0. The van der Waals surface area contributed by atoms with Gasteiger partial charge >= 0.3 is 0 Å². The van der Waals surface area contributed by atoms with Crippen molar-refractivity contribution in [2.45, 2.75) is 46.5 Å². The molecule has 0 unspecified atom stereocenters. The molecular formula is C10H23N. The van der Waals surface area contributed by atoms with Gasteiger partial charge in [-0.2, -0.15) is 0 Å². The molecule has 0 fully saturated rings. The van der Waals surface area contributed by atoms with E-state index in [9.17, 15) is 0 Å². The molecule has 1 nitrogen and oxygen atoms in total. The molecule has 0 spiro atoms. The molecule has 0 heterocycles. The molecule has 0 radical (unpaired) electrons. The van der Waals surface area contributed by atoms with Crippen molar-refractivity contribution < 1.29 is 0 Å². The molecule has 0 aliphatic rings. The van der Waals surface area contributed by atoms with E-state index in [4.69, 9.17) is 5.73 Å². The van der Waals surface area contributed by atoms with E-state index in [0.29, 0.717) is 0 Å². The maximum Gasteiger partial charge on any atom is -0.00489 e. The van der Waals surface area contributed by atoms with Crippen molar-refractivity contribution in [3.8, 4) is 0 Å². The lowest BCUT2D eigenvalue weighted by atomic mass is 9.91. The maximum atomic E-state index is 5.63. The van der Waals surface area contributed by atoms with Crippen LogP contribution in [0.4, 0.5) is 0 Å². The van der Waals surface area contributed by atoms with Crippen LogP contribution in [0.3, 0.4) is 0 Å². The van der Waals surface area contributed by atoms with Crippen molar-refractivity contribution in [2.24, 2.45) is 17.6 Å². The van der Waals surface area contributed by atoms with Gasteiger partial charge in [0.25, 0.3) is 0 Å². The summed E-state index contributed by atoms with van der Waals surface area (Å²) < 4.78 is 0. The summed E-state index contributed by atoms with van der Waals surface area (Å²) in [7, 11) is 0. The molecule has 0 aliphatic carbocycles. The fourth-order valence-corrected chi connectivity index (χ4v) is 1.61. The molecule has 0 bridgehead atoms. The quantitative estimate of drug-likeness (QED) is 0.630. The Morgan fingerprint density at radius 2 is 1.91 bits per heavy atom. The molecule has 0 aromatic heterocycles. The van der Waals surface area contributed by atoms with Gasteiger partial charge in [0, 0.05) is 0 Å². The normalized spacial score (nSPS) is 16.4. The second kappa shape index (κ2) is 6.66. The van der Waals surface area contributed by atoms with Crippen molar-refractivity contribution in [1.82, 2.24) is 0 Å². The van der Waals surface area contributed by atoms with E-state index in [1.165, 1.54) is 25.7 Å². The second-order valence-corrected chi connectivity index (χ2v) is 3.64. The highest BCUT2D eigenvalue weighted by atomic mass is 14.5. The van der Waals surface area contributed by atoms with Gasteiger partial charge in [0.1, 0.15) is 0 Å². The van der Waals surface area contributed by atoms with Gasteiger partial charge in [-0.05, 0) is 24.8 Å². The SMILES string of the molecule is CCC[C@H](C)C[C@@H](CC)CN. The van der Waals surface area contributed by atoms with Crippen LogP contribution in [0.15, 0.2) is 0 Å². The van der Waals surface area contributed by atoms with Crippen LogP contribution in [0.5, 0.6) is 0 Å². The molecule has 0 saturated carbocycles. The zero-order valence-electron chi connectivity index (χ0n) is 8.27. The van der Waals surface area contributed by atoms with E-state index in [-0.39, 0.29) is 0 Å². The summed E-state index contributed by atoms with van der Waals surface area (Å²) in [6.07, 6.45) is 5.23. The van der Waals surface area contributed by atoms with Gasteiger partial charge in [0.2, 0.25) is 0 Å². The summed E-state index contributed by atoms with van der Waals surface area (Å²) in [5.41, 5.74) is 5.63. The lowest BCUT2D eigenvalue weighted by Gasteiger charge is -2.17. The van der Waals surface area contributed by atoms with Crippen molar-refractivity contribution in [3.63, 3.8) is 0 Å². The van der Waals surface area contributed by atoms with Gasteiger partial charge in [-0.1, -0.05) is 40.0 Å². The standard InChI is InChI=1S/C10H23N/c1-4-6-9(3)7-10(5-2)8-11/h9-10H,4-8,11H2,1-3H3/t9-,10+/m0/s1. The molecule has 0 aliphatic heterocycles. The average molecular weight is 157 g/mol. The third kappa shape index (κ3) is 5.25. The van der Waals surface area contributed by atoms with Gasteiger partial charge in [-0.3, -0.25) is 0 Å². The van der Waals surface area contributed by atoms with E-state index in [2.05, 4.69) is 20.8 Å². The highest BCUT2D eigenvalue weighted by molar-refractivity contribution is 4.62. The lowest BCUT2D eigenvalue weighted by molar-refractivity contribution is 0.369. The minimum Gasteiger partial charge on any atom is -0.330 e. The molecule has 0 rings (SSSR count). The van der Waals surface area contributed by atoms with Crippen LogP contribution in [0.25, 0.3) is 0 Å². The van der Waals surface area contributed by atoms with Crippen molar-refractivity contribution in [2.75, 3.05) is 6.54 Å². The van der Waals surface area contributed by atoms with Crippen LogP contribution >= 0.6 is 0 Å². The number of hydrogen-bond acceptors (Lipinski definition) is 1. The highest BCUT2D eigenvalue weighted by Gasteiger charge is 2.08. The Bertz CT molecular complexity index is 76.9. The minimum atomic E-state index is 0.761. The van der Waals surface area contributed by atoms with E-state index < -0.39 is 0 Å². The van der Waals surface area contributed by atoms with Crippen LogP contribution in [0.2, 0.25) is 0 Å². The number of hydrogen-bond donors (Lipinski definition) is 1. The van der Waals surface area contributed by atoms with E-state index in [0.717, 1.165) is 18.4 Å². The van der Waals surface area contributed by atoms with E-state index >= 15 is 0 Å². The molecule has 68 valence electrons. The highest BCUT2D eigenvalue weighted by Crippen LogP contribution is 2.18. The van der Waals surface area contributed by atoms with Gasteiger partial charge < -0.3 is 5.73 Å². The largest absolute Gasteiger partial charge is 0.330 e. The van der Waals surface area contributed by atoms with Crippen LogP contribution in [0.1, 0.15) is 46.5 Å². The summed E-state index contributed by atoms with van der Waals surface area (Å²) in [6.45, 7) is 7.68. The van der Waals surface area contributed by atoms with Gasteiger partial charge in [0.05, 0.1) is 0 Å². The minimum absolute atomic E-state index is 0.761. The fraction of sp³-hybridized carbons (Fsp3) is 1.00. The molecule has 0 saturated heterocycles. The molecule has 0 amide bonds. The summed E-state index contributed by atoms with van der Waals surface area (Å²) in [6, 6.07) is 0. The van der Waals surface area contributed by atoms with Crippen molar-refractivity contribution in [1.29, 1.82) is 0 Å². The van der Waals surface area contributed by atoms with Crippen LogP contribution < -0.4 is 5.73 Å². The predicted molar refractivity (Wildman–Crippen MR) is 51.5 cm³/mol. The smallest absolute Gasteiger partial charge is 0.00489 e. The molecule has 1 heteroatoms.